The number of aliphatic hydroxyl groups is 1. The van der Waals surface area contributed by atoms with E-state index in [0.29, 0.717) is 5.41 Å². The largest absolute Gasteiger partial charge is 1.00 e. The monoisotopic (exact) mass is 506 g/mol. The molecule has 3 fully saturated rings. The van der Waals surface area contributed by atoms with Crippen molar-refractivity contribution in [3.05, 3.63) is 35.5 Å². The van der Waals surface area contributed by atoms with E-state index in [-0.39, 0.29) is 37.1 Å². The Bertz CT molecular complexity index is 831. The fraction of sp³-hybridized carbons (Fsp3) is 0.778. The standard InChI is InChI=1S/C27H44O.Na.H2O4S.H/c1-19(2)8-6-9-21(4)25-15-16-26-22(10-7-17-27(25,26)5)12-13-23-18-24(28)14-11-20(23)3;;1-5(2,3)4;/h12-13,19,21,24-26,28H,3,6-11,14-18H2,1-2,4-5H3;;(H2,1,2,3,4);/q;+1;;-1/b22-12+,23-13+;;;/t21?,24-,25+,26-,27+;;;/m0.../s1. The minimum atomic E-state index is -4.67. The molecule has 5 nitrogen and oxygen atoms in total. The van der Waals surface area contributed by atoms with Gasteiger partial charge in [-0.2, -0.15) is 8.42 Å². The van der Waals surface area contributed by atoms with Crippen LogP contribution in [-0.4, -0.2) is 28.7 Å². The predicted molar refractivity (Wildman–Crippen MR) is 136 cm³/mol. The average molecular weight is 507 g/mol. The predicted octanol–water partition coefficient (Wildman–Crippen LogP) is 4.08. The third kappa shape index (κ3) is 9.84. The molecule has 7 heteroatoms. The summed E-state index contributed by atoms with van der Waals surface area (Å²) in [6, 6.07) is 0. The van der Waals surface area contributed by atoms with Crippen LogP contribution < -0.4 is 29.6 Å². The molecule has 0 aromatic rings. The van der Waals surface area contributed by atoms with E-state index < -0.39 is 10.4 Å². The zero-order valence-corrected chi connectivity index (χ0v) is 24.9. The van der Waals surface area contributed by atoms with E-state index in [1.807, 2.05) is 0 Å². The Hall–Kier alpha value is 0.0500. The van der Waals surface area contributed by atoms with Crippen molar-refractivity contribution in [1.82, 2.24) is 0 Å². The van der Waals surface area contributed by atoms with Gasteiger partial charge in [-0.05, 0) is 86.0 Å². The minimum Gasteiger partial charge on any atom is -1.00 e. The quantitative estimate of drug-likeness (QED) is 0.373. The summed E-state index contributed by atoms with van der Waals surface area (Å²) in [6.45, 7) is 14.1. The van der Waals surface area contributed by atoms with E-state index in [2.05, 4.69) is 46.4 Å². The first-order chi connectivity index (χ1) is 15.3. The third-order valence-electron chi connectivity index (χ3n) is 8.35. The van der Waals surface area contributed by atoms with Crippen LogP contribution in [0, 0.1) is 29.1 Å². The molecule has 192 valence electrons. The van der Waals surface area contributed by atoms with Crippen molar-refractivity contribution in [2.75, 3.05) is 0 Å². The van der Waals surface area contributed by atoms with Crippen LogP contribution >= 0.6 is 0 Å². The van der Waals surface area contributed by atoms with Crippen LogP contribution in [0.3, 0.4) is 0 Å². The Morgan fingerprint density at radius 2 is 1.76 bits per heavy atom. The van der Waals surface area contributed by atoms with Crippen molar-refractivity contribution in [1.29, 1.82) is 0 Å². The Kier molecular flexibility index (Phi) is 13.3. The number of hydrogen-bond acceptors (Lipinski definition) is 3. The van der Waals surface area contributed by atoms with Gasteiger partial charge >= 0.3 is 40.0 Å². The number of fused-ring (bicyclic) bond motifs is 1. The van der Waals surface area contributed by atoms with Crippen LogP contribution in [0.4, 0.5) is 0 Å². The summed E-state index contributed by atoms with van der Waals surface area (Å²) in [5.74, 6) is 3.37. The van der Waals surface area contributed by atoms with Crippen molar-refractivity contribution < 1.29 is 53.6 Å². The fourth-order valence-electron chi connectivity index (χ4n) is 6.66. The molecule has 1 unspecified atom stereocenters. The molecule has 0 spiro atoms. The van der Waals surface area contributed by atoms with Crippen LogP contribution in [0.1, 0.15) is 99.8 Å². The summed E-state index contributed by atoms with van der Waals surface area (Å²) < 4.78 is 31.6. The SMILES string of the molecule is C=C1CC[C@H](O)C/C1=C\C=C1/CCC[C@]2(C)[C@@H](C(C)CCCC(C)C)CC[C@@H]12.O=S(=O)(O)O.[H-].[Na+]. The normalized spacial score (nSPS) is 32.7. The van der Waals surface area contributed by atoms with Crippen LogP contribution in [-0.2, 0) is 10.4 Å². The smallest absolute Gasteiger partial charge is 1.00 e. The van der Waals surface area contributed by atoms with E-state index in [9.17, 15) is 5.11 Å². The van der Waals surface area contributed by atoms with Gasteiger partial charge < -0.3 is 6.53 Å². The molecule has 0 bridgehead atoms. The van der Waals surface area contributed by atoms with Crippen LogP contribution in [0.25, 0.3) is 0 Å². The molecule has 0 saturated heterocycles. The van der Waals surface area contributed by atoms with Gasteiger partial charge in [-0.25, -0.2) is 0 Å². The molecule has 3 aliphatic carbocycles. The molecule has 0 heterocycles. The van der Waals surface area contributed by atoms with Gasteiger partial charge in [-0.3, -0.25) is 9.11 Å². The zero-order chi connectivity index (χ0) is 24.8. The maximum Gasteiger partial charge on any atom is 1.00 e. The van der Waals surface area contributed by atoms with Gasteiger partial charge in [-0.15, -0.1) is 0 Å². The second kappa shape index (κ2) is 14.1. The molecule has 0 amide bonds. The van der Waals surface area contributed by atoms with Gasteiger partial charge in [0.15, 0.2) is 0 Å². The number of aliphatic hydroxyl groups excluding tert-OH is 1. The molecule has 0 aromatic carbocycles. The maximum atomic E-state index is 10.0. The van der Waals surface area contributed by atoms with Crippen molar-refractivity contribution in [2.45, 2.75) is 104 Å². The van der Waals surface area contributed by atoms with Gasteiger partial charge in [0, 0.05) is 0 Å². The molecule has 3 rings (SSSR count). The molecule has 3 saturated carbocycles. The van der Waals surface area contributed by atoms with E-state index in [1.54, 1.807) is 5.57 Å². The van der Waals surface area contributed by atoms with Gasteiger partial charge in [0.1, 0.15) is 0 Å². The van der Waals surface area contributed by atoms with Crippen LogP contribution in [0.5, 0.6) is 0 Å². The molecule has 3 N–H and O–H groups in total. The summed E-state index contributed by atoms with van der Waals surface area (Å²) >= 11 is 0. The average Bonchev–Trinajstić information content (AvgIpc) is 3.04. The van der Waals surface area contributed by atoms with E-state index in [1.165, 1.54) is 62.5 Å². The molecule has 0 aliphatic heterocycles. The van der Waals surface area contributed by atoms with E-state index in [0.717, 1.165) is 42.9 Å². The Morgan fingerprint density at radius 1 is 1.12 bits per heavy atom. The molecule has 3 aliphatic rings. The van der Waals surface area contributed by atoms with Gasteiger partial charge in [0.25, 0.3) is 0 Å². The summed E-state index contributed by atoms with van der Waals surface area (Å²) in [5, 5.41) is 10.0. The molecule has 34 heavy (non-hydrogen) atoms. The first-order valence-electron chi connectivity index (χ1n) is 12.8. The van der Waals surface area contributed by atoms with Crippen molar-refractivity contribution in [3.63, 3.8) is 0 Å². The second-order valence-corrected chi connectivity index (χ2v) is 12.2. The Balaban J connectivity index is 0.00000150. The molecule has 0 aromatic heterocycles. The summed E-state index contributed by atoms with van der Waals surface area (Å²) in [6.07, 6.45) is 18.2. The Labute approximate surface area is 231 Å². The summed E-state index contributed by atoms with van der Waals surface area (Å²) in [5.41, 5.74) is 4.72. The Morgan fingerprint density at radius 3 is 2.38 bits per heavy atom. The topological polar surface area (TPSA) is 94.8 Å². The molecule has 5 atom stereocenters. The number of rotatable bonds is 6. The number of hydrogen-bond donors (Lipinski definition) is 3. The van der Waals surface area contributed by atoms with Crippen LogP contribution in [0.2, 0.25) is 0 Å². The first-order valence-corrected chi connectivity index (χ1v) is 14.2. The van der Waals surface area contributed by atoms with Crippen molar-refractivity contribution in [2.24, 2.45) is 29.1 Å². The number of allylic oxidation sites excluding steroid dienone is 4. The molecular formula is C27H47NaO5S. The van der Waals surface area contributed by atoms with E-state index >= 15 is 0 Å². The van der Waals surface area contributed by atoms with Gasteiger partial charge in [-0.1, -0.05) is 76.8 Å². The van der Waals surface area contributed by atoms with Crippen molar-refractivity contribution >= 4 is 10.4 Å². The van der Waals surface area contributed by atoms with Gasteiger partial charge in [0.05, 0.1) is 6.10 Å². The van der Waals surface area contributed by atoms with E-state index in [4.69, 9.17) is 17.5 Å². The first kappa shape index (κ1) is 32.1. The third-order valence-corrected chi connectivity index (χ3v) is 8.35. The molecular weight excluding hydrogens is 459 g/mol. The maximum absolute atomic E-state index is 10.0. The summed E-state index contributed by atoms with van der Waals surface area (Å²) in [4.78, 5) is 0. The molecule has 0 radical (unpaired) electrons. The zero-order valence-electron chi connectivity index (χ0n) is 23.1. The summed E-state index contributed by atoms with van der Waals surface area (Å²) in [7, 11) is -4.67. The van der Waals surface area contributed by atoms with Gasteiger partial charge in [0.2, 0.25) is 0 Å². The minimum absolute atomic E-state index is 0. The van der Waals surface area contributed by atoms with Crippen LogP contribution in [0.15, 0.2) is 35.5 Å². The second-order valence-electron chi connectivity index (χ2n) is 11.3. The fourth-order valence-corrected chi connectivity index (χ4v) is 6.66. The van der Waals surface area contributed by atoms with Crippen molar-refractivity contribution in [3.8, 4) is 0 Å².